The summed E-state index contributed by atoms with van der Waals surface area (Å²) in [6, 6.07) is 13.7. The van der Waals surface area contributed by atoms with Crippen molar-refractivity contribution in [2.75, 3.05) is 0 Å². The van der Waals surface area contributed by atoms with Gasteiger partial charge in [0, 0.05) is 0 Å². The number of oxazole rings is 1. The second-order valence-corrected chi connectivity index (χ2v) is 5.29. The van der Waals surface area contributed by atoms with Crippen molar-refractivity contribution >= 4 is 22.7 Å². The highest BCUT2D eigenvalue weighted by Gasteiger charge is 2.12. The maximum Gasteiger partial charge on any atom is 0.228 e. The molecule has 0 atom stereocenters. The summed E-state index contributed by atoms with van der Waals surface area (Å²) in [5.74, 6) is 1.05. The molecule has 0 saturated carbocycles. The van der Waals surface area contributed by atoms with Gasteiger partial charge < -0.3 is 4.42 Å². The highest BCUT2D eigenvalue weighted by molar-refractivity contribution is 6.33. The van der Waals surface area contributed by atoms with Gasteiger partial charge >= 0.3 is 0 Å². The first-order valence-corrected chi connectivity index (χ1v) is 6.68. The van der Waals surface area contributed by atoms with E-state index in [2.05, 4.69) is 31.0 Å². The molecule has 0 saturated heterocycles. The predicted molar refractivity (Wildman–Crippen MR) is 78.5 cm³/mol. The van der Waals surface area contributed by atoms with Gasteiger partial charge in [0.25, 0.3) is 0 Å². The lowest BCUT2D eigenvalue weighted by Gasteiger charge is -2.02. The summed E-state index contributed by atoms with van der Waals surface area (Å²) in [5, 5.41) is 0.651. The van der Waals surface area contributed by atoms with Crippen LogP contribution >= 0.6 is 11.6 Å². The number of fused-ring (bicyclic) bond motifs is 1. The Bertz CT molecular complexity index is 730. The molecule has 0 N–H and O–H groups in total. The number of rotatable bonds is 2. The molecule has 1 heterocycles. The van der Waals surface area contributed by atoms with Crippen molar-refractivity contribution in [1.82, 2.24) is 4.98 Å². The Balaban J connectivity index is 2.14. The van der Waals surface area contributed by atoms with Gasteiger partial charge in [-0.2, -0.15) is 0 Å². The van der Waals surface area contributed by atoms with Crippen LogP contribution in [0, 0.1) is 0 Å². The summed E-state index contributed by atoms with van der Waals surface area (Å²) in [6.45, 7) is 4.33. The molecule has 0 aliphatic carbocycles. The molecule has 0 bridgehead atoms. The lowest BCUT2D eigenvalue weighted by Crippen LogP contribution is -1.85. The third-order valence-electron chi connectivity index (χ3n) is 3.18. The monoisotopic (exact) mass is 271 g/mol. The van der Waals surface area contributed by atoms with Gasteiger partial charge in [-0.1, -0.05) is 43.6 Å². The van der Waals surface area contributed by atoms with Gasteiger partial charge in [-0.05, 0) is 35.7 Å². The van der Waals surface area contributed by atoms with Crippen molar-refractivity contribution < 1.29 is 4.42 Å². The predicted octanol–water partition coefficient (Wildman–Crippen LogP) is 5.27. The minimum Gasteiger partial charge on any atom is -0.436 e. The summed E-state index contributed by atoms with van der Waals surface area (Å²) in [7, 11) is 0. The summed E-state index contributed by atoms with van der Waals surface area (Å²) < 4.78 is 5.77. The number of hydrogen-bond donors (Lipinski definition) is 0. The maximum absolute atomic E-state index is 6.17. The van der Waals surface area contributed by atoms with Crippen LogP contribution in [-0.2, 0) is 0 Å². The Morgan fingerprint density at radius 1 is 1.11 bits per heavy atom. The molecule has 0 aliphatic rings. The molecule has 0 radical (unpaired) electrons. The zero-order valence-electron chi connectivity index (χ0n) is 10.9. The third kappa shape index (κ3) is 2.24. The smallest absolute Gasteiger partial charge is 0.228 e. The van der Waals surface area contributed by atoms with Gasteiger partial charge in [-0.15, -0.1) is 0 Å². The maximum atomic E-state index is 6.17. The molecule has 19 heavy (non-hydrogen) atoms. The van der Waals surface area contributed by atoms with Crippen molar-refractivity contribution in [3.63, 3.8) is 0 Å². The molecule has 96 valence electrons. The quantitative estimate of drug-likeness (QED) is 0.634. The molecular weight excluding hydrogens is 258 g/mol. The van der Waals surface area contributed by atoms with E-state index in [1.54, 1.807) is 0 Å². The molecule has 1 aromatic heterocycles. The van der Waals surface area contributed by atoms with Gasteiger partial charge in [0.2, 0.25) is 5.89 Å². The summed E-state index contributed by atoms with van der Waals surface area (Å²) >= 11 is 6.17. The molecule has 0 spiro atoms. The lowest BCUT2D eigenvalue weighted by atomic mass is 10.0. The second kappa shape index (κ2) is 4.71. The van der Waals surface area contributed by atoms with Crippen molar-refractivity contribution in [3.05, 3.63) is 53.1 Å². The zero-order valence-corrected chi connectivity index (χ0v) is 11.6. The topological polar surface area (TPSA) is 26.0 Å². The van der Waals surface area contributed by atoms with Crippen LogP contribution in [0.5, 0.6) is 0 Å². The molecule has 3 rings (SSSR count). The highest BCUT2D eigenvalue weighted by atomic mass is 35.5. The van der Waals surface area contributed by atoms with E-state index in [0.29, 0.717) is 16.8 Å². The first-order valence-electron chi connectivity index (χ1n) is 6.30. The van der Waals surface area contributed by atoms with E-state index in [9.17, 15) is 0 Å². The van der Waals surface area contributed by atoms with Gasteiger partial charge in [0.1, 0.15) is 5.52 Å². The number of halogens is 1. The Labute approximate surface area is 117 Å². The zero-order chi connectivity index (χ0) is 13.4. The average Bonchev–Trinajstić information content (AvgIpc) is 2.81. The van der Waals surface area contributed by atoms with Crippen molar-refractivity contribution in [2.45, 2.75) is 19.8 Å². The minimum absolute atomic E-state index is 0.477. The molecule has 0 fully saturated rings. The lowest BCUT2D eigenvalue weighted by molar-refractivity contribution is 0.620. The fourth-order valence-corrected chi connectivity index (χ4v) is 2.27. The fourth-order valence-electron chi connectivity index (χ4n) is 2.05. The fraction of sp³-hybridized carbons (Fsp3) is 0.188. The van der Waals surface area contributed by atoms with Crippen LogP contribution < -0.4 is 0 Å². The van der Waals surface area contributed by atoms with E-state index in [1.165, 1.54) is 5.56 Å². The van der Waals surface area contributed by atoms with Crippen LogP contribution in [0.25, 0.3) is 22.6 Å². The first kappa shape index (κ1) is 12.2. The van der Waals surface area contributed by atoms with Crippen LogP contribution in [0.15, 0.2) is 46.9 Å². The van der Waals surface area contributed by atoms with E-state index in [0.717, 1.165) is 16.7 Å². The normalized spacial score (nSPS) is 11.4. The molecule has 0 amide bonds. The molecule has 3 aromatic rings. The van der Waals surface area contributed by atoms with E-state index in [1.807, 2.05) is 30.3 Å². The van der Waals surface area contributed by atoms with Crippen molar-refractivity contribution in [2.24, 2.45) is 0 Å². The minimum atomic E-state index is 0.477. The van der Waals surface area contributed by atoms with E-state index in [-0.39, 0.29) is 0 Å². The van der Waals surface area contributed by atoms with E-state index >= 15 is 0 Å². The Hall–Kier alpha value is -1.80. The molecule has 0 unspecified atom stereocenters. The van der Waals surface area contributed by atoms with Gasteiger partial charge in [-0.3, -0.25) is 0 Å². The number of aromatic nitrogens is 1. The van der Waals surface area contributed by atoms with Crippen LogP contribution in [0.3, 0.4) is 0 Å². The Morgan fingerprint density at radius 2 is 1.89 bits per heavy atom. The molecule has 0 aliphatic heterocycles. The summed E-state index contributed by atoms with van der Waals surface area (Å²) in [4.78, 5) is 4.54. The van der Waals surface area contributed by atoms with Gasteiger partial charge in [0.05, 0.1) is 10.6 Å². The standard InChI is InChI=1S/C16H14ClNO/c1-10(2)11-7-8-15-14(9-11)18-16(19-15)12-5-3-4-6-13(12)17/h3-10H,1-2H3. The average molecular weight is 272 g/mol. The van der Waals surface area contributed by atoms with E-state index < -0.39 is 0 Å². The largest absolute Gasteiger partial charge is 0.436 e. The number of hydrogen-bond acceptors (Lipinski definition) is 2. The highest BCUT2D eigenvalue weighted by Crippen LogP contribution is 2.30. The molecule has 3 heteroatoms. The van der Waals surface area contributed by atoms with Crippen LogP contribution in [0.1, 0.15) is 25.3 Å². The molecule has 2 aromatic carbocycles. The Kier molecular flexibility index (Phi) is 3.03. The van der Waals surface area contributed by atoms with Crippen molar-refractivity contribution in [3.8, 4) is 11.5 Å². The van der Waals surface area contributed by atoms with Crippen molar-refractivity contribution in [1.29, 1.82) is 0 Å². The first-order chi connectivity index (χ1) is 9.15. The Morgan fingerprint density at radius 3 is 2.63 bits per heavy atom. The van der Waals surface area contributed by atoms with E-state index in [4.69, 9.17) is 16.0 Å². The molecule has 2 nitrogen and oxygen atoms in total. The van der Waals surface area contributed by atoms with Gasteiger partial charge in [-0.25, -0.2) is 4.98 Å². The summed E-state index contributed by atoms with van der Waals surface area (Å²) in [6.07, 6.45) is 0. The SMILES string of the molecule is CC(C)c1ccc2oc(-c3ccccc3Cl)nc2c1. The summed E-state index contributed by atoms with van der Waals surface area (Å²) in [5.41, 5.74) is 3.75. The molecular formula is C16H14ClNO. The van der Waals surface area contributed by atoms with Crippen LogP contribution in [-0.4, -0.2) is 4.98 Å². The second-order valence-electron chi connectivity index (χ2n) is 4.88. The van der Waals surface area contributed by atoms with Crippen LogP contribution in [0.4, 0.5) is 0 Å². The number of nitrogens with zero attached hydrogens (tertiary/aromatic N) is 1. The van der Waals surface area contributed by atoms with Crippen LogP contribution in [0.2, 0.25) is 5.02 Å². The third-order valence-corrected chi connectivity index (χ3v) is 3.51. The van der Waals surface area contributed by atoms with Gasteiger partial charge in [0.15, 0.2) is 5.58 Å². The number of benzene rings is 2.